The van der Waals surface area contributed by atoms with Crippen LogP contribution >= 0.6 is 11.8 Å². The number of aromatic carboxylic acids is 1. The van der Waals surface area contributed by atoms with Gasteiger partial charge in [-0.3, -0.25) is 0 Å². The third-order valence-corrected chi connectivity index (χ3v) is 4.19. The summed E-state index contributed by atoms with van der Waals surface area (Å²) in [7, 11) is 0. The SMILES string of the molecule is O=C(Nc1c(F)cccc1C(=O)O)NC1CCCSC1. The van der Waals surface area contributed by atoms with Crippen LogP contribution in [0.15, 0.2) is 18.2 Å². The van der Waals surface area contributed by atoms with Crippen LogP contribution in [0, 0.1) is 5.82 Å². The molecule has 20 heavy (non-hydrogen) atoms. The number of carboxylic acids is 1. The standard InChI is InChI=1S/C13H15FN2O3S/c14-10-5-1-4-9(12(17)18)11(10)16-13(19)15-8-3-2-6-20-7-8/h1,4-5,8H,2-3,6-7H2,(H,17,18)(H2,15,16,19). The molecule has 108 valence electrons. The molecule has 0 aromatic heterocycles. The van der Waals surface area contributed by atoms with Crippen LogP contribution in [0.5, 0.6) is 0 Å². The van der Waals surface area contributed by atoms with Gasteiger partial charge in [0.15, 0.2) is 0 Å². The van der Waals surface area contributed by atoms with E-state index in [9.17, 15) is 14.0 Å². The van der Waals surface area contributed by atoms with Gasteiger partial charge >= 0.3 is 12.0 Å². The molecule has 0 aliphatic carbocycles. The molecule has 3 N–H and O–H groups in total. The number of thioether (sulfide) groups is 1. The lowest BCUT2D eigenvalue weighted by Gasteiger charge is -2.22. The molecule has 7 heteroatoms. The first kappa shape index (κ1) is 14.6. The summed E-state index contributed by atoms with van der Waals surface area (Å²) in [4.78, 5) is 22.8. The summed E-state index contributed by atoms with van der Waals surface area (Å²) in [5.74, 6) is -0.154. The Kier molecular flexibility index (Phi) is 4.84. The molecule has 1 atom stereocenters. The Morgan fingerprint density at radius 1 is 1.40 bits per heavy atom. The molecule has 1 fully saturated rings. The molecule has 5 nitrogen and oxygen atoms in total. The second-order valence-electron chi connectivity index (χ2n) is 4.48. The highest BCUT2D eigenvalue weighted by Gasteiger charge is 2.19. The third-order valence-electron chi connectivity index (χ3n) is 2.98. The van der Waals surface area contributed by atoms with Crippen molar-refractivity contribution in [2.45, 2.75) is 18.9 Å². The quantitative estimate of drug-likeness (QED) is 0.801. The van der Waals surface area contributed by atoms with Crippen molar-refractivity contribution in [3.63, 3.8) is 0 Å². The predicted molar refractivity (Wildman–Crippen MR) is 75.9 cm³/mol. The third kappa shape index (κ3) is 3.63. The topological polar surface area (TPSA) is 78.4 Å². The molecule has 0 saturated carbocycles. The molecule has 1 unspecified atom stereocenters. The first-order valence-corrected chi connectivity index (χ1v) is 7.40. The number of carbonyl (C=O) groups is 2. The average Bonchev–Trinajstić information content (AvgIpc) is 2.42. The van der Waals surface area contributed by atoms with Gasteiger partial charge in [0.05, 0.1) is 11.3 Å². The van der Waals surface area contributed by atoms with E-state index in [-0.39, 0.29) is 17.3 Å². The fourth-order valence-corrected chi connectivity index (χ4v) is 3.09. The number of amides is 2. The molecule has 1 aliphatic heterocycles. The van der Waals surface area contributed by atoms with E-state index in [4.69, 9.17) is 5.11 Å². The summed E-state index contributed by atoms with van der Waals surface area (Å²) in [5, 5.41) is 14.0. The van der Waals surface area contributed by atoms with Gasteiger partial charge < -0.3 is 15.7 Å². The highest BCUT2D eigenvalue weighted by molar-refractivity contribution is 7.99. The van der Waals surface area contributed by atoms with Crippen molar-refractivity contribution >= 4 is 29.4 Å². The number of halogens is 1. The second-order valence-corrected chi connectivity index (χ2v) is 5.63. The average molecular weight is 298 g/mol. The van der Waals surface area contributed by atoms with E-state index in [0.717, 1.165) is 30.4 Å². The Balaban J connectivity index is 2.05. The Hall–Kier alpha value is -1.76. The van der Waals surface area contributed by atoms with E-state index >= 15 is 0 Å². The molecule has 1 saturated heterocycles. The van der Waals surface area contributed by atoms with Crippen LogP contribution in [0.4, 0.5) is 14.9 Å². The van der Waals surface area contributed by atoms with Crippen LogP contribution in [0.2, 0.25) is 0 Å². The van der Waals surface area contributed by atoms with Gasteiger partial charge in [0.1, 0.15) is 5.82 Å². The van der Waals surface area contributed by atoms with Crippen molar-refractivity contribution in [3.8, 4) is 0 Å². The summed E-state index contributed by atoms with van der Waals surface area (Å²) in [6, 6.07) is 3.11. The number of hydrogen-bond acceptors (Lipinski definition) is 3. The van der Waals surface area contributed by atoms with Crippen molar-refractivity contribution < 1.29 is 19.1 Å². The number of carbonyl (C=O) groups excluding carboxylic acids is 1. The molecule has 1 aromatic rings. The van der Waals surface area contributed by atoms with E-state index in [0.29, 0.717) is 0 Å². The number of hydrogen-bond donors (Lipinski definition) is 3. The van der Waals surface area contributed by atoms with Gasteiger partial charge in [-0.05, 0) is 30.7 Å². The fraction of sp³-hybridized carbons (Fsp3) is 0.385. The lowest BCUT2D eigenvalue weighted by molar-refractivity contribution is 0.0697. The zero-order chi connectivity index (χ0) is 14.5. The van der Waals surface area contributed by atoms with E-state index in [1.165, 1.54) is 12.1 Å². The zero-order valence-corrected chi connectivity index (χ0v) is 11.5. The number of nitrogens with one attached hydrogen (secondary N) is 2. The molecule has 1 aliphatic rings. The minimum atomic E-state index is -1.28. The number of para-hydroxylation sites is 1. The number of benzene rings is 1. The van der Waals surface area contributed by atoms with Crippen molar-refractivity contribution in [1.82, 2.24) is 5.32 Å². The maximum absolute atomic E-state index is 13.6. The number of rotatable bonds is 3. The van der Waals surface area contributed by atoms with Crippen molar-refractivity contribution in [3.05, 3.63) is 29.6 Å². The van der Waals surface area contributed by atoms with Crippen LogP contribution in [0.3, 0.4) is 0 Å². The highest BCUT2D eigenvalue weighted by atomic mass is 32.2. The summed E-state index contributed by atoms with van der Waals surface area (Å²) in [6.07, 6.45) is 1.90. The van der Waals surface area contributed by atoms with E-state index in [2.05, 4.69) is 10.6 Å². The number of anilines is 1. The van der Waals surface area contributed by atoms with Crippen LogP contribution in [0.25, 0.3) is 0 Å². The predicted octanol–water partition coefficient (Wildman–Crippen LogP) is 2.54. The Labute approximate surface area is 119 Å². The molecule has 1 heterocycles. The molecule has 1 aromatic carbocycles. The molecule has 0 spiro atoms. The molecule has 0 bridgehead atoms. The van der Waals surface area contributed by atoms with E-state index < -0.39 is 17.8 Å². The van der Waals surface area contributed by atoms with Gasteiger partial charge in [0.2, 0.25) is 0 Å². The van der Waals surface area contributed by atoms with Crippen LogP contribution in [-0.4, -0.2) is 34.7 Å². The normalized spacial score (nSPS) is 18.4. The number of carboxylic acid groups (broad SMARTS) is 1. The summed E-state index contributed by atoms with van der Waals surface area (Å²) < 4.78 is 13.6. The van der Waals surface area contributed by atoms with Gasteiger partial charge in [0, 0.05) is 11.8 Å². The van der Waals surface area contributed by atoms with Crippen molar-refractivity contribution in [1.29, 1.82) is 0 Å². The van der Waals surface area contributed by atoms with Crippen LogP contribution in [0.1, 0.15) is 23.2 Å². The highest BCUT2D eigenvalue weighted by Crippen LogP contribution is 2.20. The Morgan fingerprint density at radius 3 is 2.85 bits per heavy atom. The molecule has 2 amide bonds. The lowest BCUT2D eigenvalue weighted by atomic mass is 10.1. The zero-order valence-electron chi connectivity index (χ0n) is 10.7. The monoisotopic (exact) mass is 298 g/mol. The number of urea groups is 1. The summed E-state index contributed by atoms with van der Waals surface area (Å²) >= 11 is 1.75. The maximum Gasteiger partial charge on any atom is 0.337 e. The largest absolute Gasteiger partial charge is 0.478 e. The van der Waals surface area contributed by atoms with Gasteiger partial charge in [-0.1, -0.05) is 6.07 Å². The Morgan fingerprint density at radius 2 is 2.20 bits per heavy atom. The first-order valence-electron chi connectivity index (χ1n) is 6.25. The lowest BCUT2D eigenvalue weighted by Crippen LogP contribution is -2.41. The fourth-order valence-electron chi connectivity index (χ4n) is 2.02. The molecule has 0 radical (unpaired) electrons. The van der Waals surface area contributed by atoms with Gasteiger partial charge in [-0.2, -0.15) is 11.8 Å². The van der Waals surface area contributed by atoms with Gasteiger partial charge in [-0.15, -0.1) is 0 Å². The van der Waals surface area contributed by atoms with Crippen LogP contribution in [-0.2, 0) is 0 Å². The van der Waals surface area contributed by atoms with E-state index in [1.54, 1.807) is 11.8 Å². The molecular formula is C13H15FN2O3S. The first-order chi connectivity index (χ1) is 9.58. The molecule has 2 rings (SSSR count). The molecular weight excluding hydrogens is 283 g/mol. The summed E-state index contributed by atoms with van der Waals surface area (Å²) in [5.41, 5.74) is -0.570. The Bertz CT molecular complexity index is 518. The summed E-state index contributed by atoms with van der Waals surface area (Å²) in [6.45, 7) is 0. The van der Waals surface area contributed by atoms with Gasteiger partial charge in [-0.25, -0.2) is 14.0 Å². The smallest absolute Gasteiger partial charge is 0.337 e. The van der Waals surface area contributed by atoms with E-state index in [1.807, 2.05) is 0 Å². The van der Waals surface area contributed by atoms with Gasteiger partial charge in [0.25, 0.3) is 0 Å². The maximum atomic E-state index is 13.6. The van der Waals surface area contributed by atoms with Crippen molar-refractivity contribution in [2.24, 2.45) is 0 Å². The minimum absolute atomic E-state index is 0.0359. The van der Waals surface area contributed by atoms with Crippen molar-refractivity contribution in [2.75, 3.05) is 16.8 Å². The second kappa shape index (κ2) is 6.60. The minimum Gasteiger partial charge on any atom is -0.478 e. The van der Waals surface area contributed by atoms with Crippen LogP contribution < -0.4 is 10.6 Å².